The molecule has 2 amide bonds. The lowest BCUT2D eigenvalue weighted by molar-refractivity contribution is -0.120. The van der Waals surface area contributed by atoms with E-state index in [0.717, 1.165) is 18.4 Å². The number of pyridine rings is 1. The minimum atomic E-state index is -0.870. The quantitative estimate of drug-likeness (QED) is 0.551. The predicted octanol–water partition coefficient (Wildman–Crippen LogP) is 4.73. The average Bonchev–Trinajstić information content (AvgIpc) is 3.56. The Bertz CT molecular complexity index is 1190. The highest BCUT2D eigenvalue weighted by Crippen LogP contribution is 2.37. The first-order valence-electron chi connectivity index (χ1n) is 12.9. The molecule has 0 bridgehead atoms. The normalized spacial score (nSPS) is 20.5. The van der Waals surface area contributed by atoms with Gasteiger partial charge in [0, 0.05) is 25.8 Å². The number of carbonyl (C=O) groups is 2. The van der Waals surface area contributed by atoms with Crippen molar-refractivity contribution < 1.29 is 23.5 Å². The van der Waals surface area contributed by atoms with Crippen LogP contribution in [0.15, 0.2) is 47.4 Å². The lowest BCUT2D eigenvalue weighted by atomic mass is 9.99. The third-order valence-electron chi connectivity index (χ3n) is 6.89. The van der Waals surface area contributed by atoms with E-state index in [2.05, 4.69) is 5.32 Å². The minimum Gasteiger partial charge on any atom is -0.444 e. The zero-order valence-electron chi connectivity index (χ0n) is 21.9. The maximum Gasteiger partial charge on any atom is 0.411 e. The lowest BCUT2D eigenvalue weighted by Gasteiger charge is -2.28. The van der Waals surface area contributed by atoms with Crippen molar-refractivity contribution in [2.24, 2.45) is 5.92 Å². The number of amides is 2. The first kappa shape index (κ1) is 26.9. The summed E-state index contributed by atoms with van der Waals surface area (Å²) in [4.78, 5) is 40.0. The summed E-state index contributed by atoms with van der Waals surface area (Å²) in [7, 11) is 1.52. The molecule has 1 aromatic heterocycles. The number of hydrogen-bond acceptors (Lipinski definition) is 5. The fraction of sp³-hybridized carbons (Fsp3) is 0.536. The zero-order chi connectivity index (χ0) is 26.7. The molecule has 2 aromatic rings. The van der Waals surface area contributed by atoms with Crippen LogP contribution >= 0.6 is 0 Å². The summed E-state index contributed by atoms with van der Waals surface area (Å²) >= 11 is 0. The van der Waals surface area contributed by atoms with E-state index < -0.39 is 29.5 Å². The van der Waals surface area contributed by atoms with Gasteiger partial charge in [-0.3, -0.25) is 14.5 Å². The second-order valence-electron chi connectivity index (χ2n) is 11.0. The van der Waals surface area contributed by atoms with Crippen molar-refractivity contribution in [3.8, 4) is 0 Å². The second-order valence-corrected chi connectivity index (χ2v) is 11.0. The van der Waals surface area contributed by atoms with Crippen LogP contribution < -0.4 is 10.9 Å². The SMILES string of the molecule is CO[C@@H]1C[C@H](C(=O)Nc2cc(C(CCC3CC3)n3ccccc3=O)ccc2F)N(C(=O)OC(C)(C)C)C1. The standard InChI is InChI=1S/C28H36FN3O5/c1-28(2,3)37-27(35)32-17-20(36-4)16-24(32)26(34)30-22-15-19(11-12-21(22)29)23(13-10-18-8-9-18)31-14-6-5-7-25(31)33/h5-7,11-12,14-15,18,20,23-24H,8-10,13,16-17H2,1-4H3,(H,30,34)/t20-,23?,24-/m1/s1. The van der Waals surface area contributed by atoms with Gasteiger partial charge in [0.2, 0.25) is 5.91 Å². The van der Waals surface area contributed by atoms with E-state index >= 15 is 0 Å². The van der Waals surface area contributed by atoms with Crippen LogP contribution in [0, 0.1) is 11.7 Å². The van der Waals surface area contributed by atoms with Gasteiger partial charge in [0.25, 0.3) is 5.56 Å². The number of nitrogens with one attached hydrogen (secondary N) is 1. The molecule has 200 valence electrons. The van der Waals surface area contributed by atoms with Crippen molar-refractivity contribution in [3.05, 3.63) is 64.3 Å². The van der Waals surface area contributed by atoms with Gasteiger partial charge in [0.1, 0.15) is 17.5 Å². The van der Waals surface area contributed by atoms with E-state index in [1.165, 1.54) is 37.0 Å². The number of nitrogens with zero attached hydrogens (tertiary/aromatic N) is 2. The van der Waals surface area contributed by atoms with Crippen molar-refractivity contribution in [2.45, 2.75) is 76.7 Å². The topological polar surface area (TPSA) is 89.9 Å². The summed E-state index contributed by atoms with van der Waals surface area (Å²) in [5.74, 6) is -0.451. The molecule has 1 unspecified atom stereocenters. The Hall–Kier alpha value is -3.20. The lowest BCUT2D eigenvalue weighted by Crippen LogP contribution is -2.45. The number of ether oxygens (including phenoxy) is 2. The highest BCUT2D eigenvalue weighted by atomic mass is 19.1. The van der Waals surface area contributed by atoms with Crippen LogP contribution in [-0.4, -0.2) is 52.9 Å². The molecule has 4 rings (SSSR count). The molecular formula is C28H36FN3O5. The highest BCUT2D eigenvalue weighted by Gasteiger charge is 2.42. The molecule has 1 aliphatic carbocycles. The van der Waals surface area contributed by atoms with Gasteiger partial charge in [0.05, 0.1) is 24.4 Å². The number of aromatic nitrogens is 1. The number of hydrogen-bond donors (Lipinski definition) is 1. The van der Waals surface area contributed by atoms with Crippen LogP contribution in [0.2, 0.25) is 0 Å². The number of halogens is 1. The van der Waals surface area contributed by atoms with Gasteiger partial charge in [-0.15, -0.1) is 0 Å². The van der Waals surface area contributed by atoms with Crippen LogP contribution in [-0.2, 0) is 14.3 Å². The number of methoxy groups -OCH3 is 1. The molecular weight excluding hydrogens is 477 g/mol. The maximum atomic E-state index is 14.9. The molecule has 9 heteroatoms. The Kier molecular flexibility index (Phi) is 8.02. The second kappa shape index (κ2) is 11.0. The van der Waals surface area contributed by atoms with E-state index in [9.17, 15) is 18.8 Å². The first-order chi connectivity index (χ1) is 17.6. The summed E-state index contributed by atoms with van der Waals surface area (Å²) in [5, 5.41) is 2.68. The van der Waals surface area contributed by atoms with Gasteiger partial charge in [-0.1, -0.05) is 25.0 Å². The number of carbonyl (C=O) groups excluding carboxylic acids is 2. The molecule has 1 saturated carbocycles. The van der Waals surface area contributed by atoms with Crippen molar-refractivity contribution in [1.82, 2.24) is 9.47 Å². The molecule has 1 aliphatic heterocycles. The summed E-state index contributed by atoms with van der Waals surface area (Å²) in [6.07, 6.45) is 5.14. The highest BCUT2D eigenvalue weighted by molar-refractivity contribution is 5.97. The Balaban J connectivity index is 1.57. The van der Waals surface area contributed by atoms with Gasteiger partial charge in [-0.05, 0) is 63.3 Å². The summed E-state index contributed by atoms with van der Waals surface area (Å²) in [5.41, 5.74) is -0.124. The third kappa shape index (κ3) is 6.77. The van der Waals surface area contributed by atoms with Crippen molar-refractivity contribution in [1.29, 1.82) is 0 Å². The van der Waals surface area contributed by atoms with E-state index in [1.54, 1.807) is 55.8 Å². The van der Waals surface area contributed by atoms with Crippen LogP contribution in [0.4, 0.5) is 14.9 Å². The molecule has 8 nitrogen and oxygen atoms in total. The van der Waals surface area contributed by atoms with Crippen molar-refractivity contribution >= 4 is 17.7 Å². The van der Waals surface area contributed by atoms with E-state index in [4.69, 9.17) is 9.47 Å². The minimum absolute atomic E-state index is 0.00732. The Labute approximate surface area is 216 Å². The molecule has 0 radical (unpaired) electrons. The van der Waals surface area contributed by atoms with E-state index in [0.29, 0.717) is 5.92 Å². The Morgan fingerprint density at radius 3 is 2.59 bits per heavy atom. The Morgan fingerprint density at radius 1 is 1.19 bits per heavy atom. The molecule has 3 atom stereocenters. The van der Waals surface area contributed by atoms with Crippen LogP contribution in [0.25, 0.3) is 0 Å². The van der Waals surface area contributed by atoms with Gasteiger partial charge < -0.3 is 19.4 Å². The number of anilines is 1. The molecule has 2 aliphatic rings. The first-order valence-corrected chi connectivity index (χ1v) is 12.9. The summed E-state index contributed by atoms with van der Waals surface area (Å²) < 4.78 is 27.4. The van der Waals surface area contributed by atoms with Gasteiger partial charge in [-0.2, -0.15) is 0 Å². The molecule has 1 aromatic carbocycles. The predicted molar refractivity (Wildman–Crippen MR) is 138 cm³/mol. The van der Waals surface area contributed by atoms with Gasteiger partial charge >= 0.3 is 6.09 Å². The largest absolute Gasteiger partial charge is 0.444 e. The third-order valence-corrected chi connectivity index (χ3v) is 6.89. The van der Waals surface area contributed by atoms with Crippen LogP contribution in [0.1, 0.15) is 64.5 Å². The summed E-state index contributed by atoms with van der Waals surface area (Å²) in [6, 6.07) is 8.40. The van der Waals surface area contributed by atoms with E-state index in [1.807, 2.05) is 0 Å². The van der Waals surface area contributed by atoms with Crippen molar-refractivity contribution in [2.75, 3.05) is 19.0 Å². The fourth-order valence-corrected chi connectivity index (χ4v) is 4.76. The maximum absolute atomic E-state index is 14.9. The van der Waals surface area contributed by atoms with Gasteiger partial charge in [-0.25, -0.2) is 9.18 Å². The molecule has 2 heterocycles. The van der Waals surface area contributed by atoms with Gasteiger partial charge in [0.15, 0.2) is 0 Å². The van der Waals surface area contributed by atoms with Crippen LogP contribution in [0.3, 0.4) is 0 Å². The van der Waals surface area contributed by atoms with Crippen LogP contribution in [0.5, 0.6) is 0 Å². The molecule has 1 saturated heterocycles. The van der Waals surface area contributed by atoms with E-state index in [-0.39, 0.29) is 36.4 Å². The van der Waals surface area contributed by atoms with Crippen molar-refractivity contribution in [3.63, 3.8) is 0 Å². The fourth-order valence-electron chi connectivity index (χ4n) is 4.76. The number of rotatable bonds is 8. The Morgan fingerprint density at radius 2 is 1.95 bits per heavy atom. The average molecular weight is 514 g/mol. The smallest absolute Gasteiger partial charge is 0.411 e. The molecule has 1 N–H and O–H groups in total. The molecule has 2 fully saturated rings. The molecule has 0 spiro atoms. The number of likely N-dealkylation sites (tertiary alicyclic amines) is 1. The number of benzene rings is 1. The monoisotopic (exact) mass is 513 g/mol. The zero-order valence-corrected chi connectivity index (χ0v) is 21.9. The molecule has 37 heavy (non-hydrogen) atoms. The summed E-state index contributed by atoms with van der Waals surface area (Å²) in [6.45, 7) is 5.46.